The molecule has 1 aliphatic rings. The minimum atomic E-state index is -0.227. The first kappa shape index (κ1) is 15.5. The molecule has 0 spiro atoms. The number of amides is 2. The standard InChI is InChI=1S/C16H23N3O2/c17-10-9-11-1-3-13(4-2-11)16(21)19-14-7-5-12(6-8-14)15(18)20/h1-4,12,14H,5-10,17H2,(H2,18,20)(H,19,21). The Kier molecular flexibility index (Phi) is 5.33. The second kappa shape index (κ2) is 7.22. The van der Waals surface area contributed by atoms with Crippen molar-refractivity contribution in [3.05, 3.63) is 35.4 Å². The number of hydrogen-bond acceptors (Lipinski definition) is 3. The summed E-state index contributed by atoms with van der Waals surface area (Å²) in [5, 5.41) is 3.03. The zero-order chi connectivity index (χ0) is 15.2. The molecule has 0 heterocycles. The summed E-state index contributed by atoms with van der Waals surface area (Å²) in [5.41, 5.74) is 12.6. The number of hydrogen-bond donors (Lipinski definition) is 3. The zero-order valence-electron chi connectivity index (χ0n) is 12.2. The summed E-state index contributed by atoms with van der Waals surface area (Å²) in [6, 6.07) is 7.67. The molecule has 1 saturated carbocycles. The van der Waals surface area contributed by atoms with Crippen molar-refractivity contribution in [3.63, 3.8) is 0 Å². The van der Waals surface area contributed by atoms with Crippen molar-refractivity contribution in [2.24, 2.45) is 17.4 Å². The van der Waals surface area contributed by atoms with E-state index in [1.165, 1.54) is 0 Å². The second-order valence-corrected chi connectivity index (χ2v) is 5.66. The fraction of sp³-hybridized carbons (Fsp3) is 0.500. The fourth-order valence-electron chi connectivity index (χ4n) is 2.78. The van der Waals surface area contributed by atoms with Gasteiger partial charge < -0.3 is 16.8 Å². The second-order valence-electron chi connectivity index (χ2n) is 5.66. The molecule has 1 aromatic rings. The van der Waals surface area contributed by atoms with Gasteiger partial charge in [-0.25, -0.2) is 0 Å². The lowest BCUT2D eigenvalue weighted by Crippen LogP contribution is -2.39. The number of rotatable bonds is 5. The Morgan fingerprint density at radius 1 is 1.10 bits per heavy atom. The smallest absolute Gasteiger partial charge is 0.251 e. The van der Waals surface area contributed by atoms with E-state index in [0.29, 0.717) is 12.1 Å². The average molecular weight is 289 g/mol. The van der Waals surface area contributed by atoms with Gasteiger partial charge in [0, 0.05) is 17.5 Å². The first-order valence-corrected chi connectivity index (χ1v) is 7.49. The van der Waals surface area contributed by atoms with E-state index >= 15 is 0 Å². The third kappa shape index (κ3) is 4.29. The van der Waals surface area contributed by atoms with Crippen LogP contribution in [0.4, 0.5) is 0 Å². The van der Waals surface area contributed by atoms with Gasteiger partial charge in [-0.1, -0.05) is 12.1 Å². The monoisotopic (exact) mass is 289 g/mol. The molecular formula is C16H23N3O2. The average Bonchev–Trinajstić information content (AvgIpc) is 2.49. The van der Waals surface area contributed by atoms with E-state index in [1.807, 2.05) is 24.3 Å². The number of primary amides is 1. The van der Waals surface area contributed by atoms with Crippen LogP contribution in [-0.2, 0) is 11.2 Å². The van der Waals surface area contributed by atoms with Crippen molar-refractivity contribution in [2.75, 3.05) is 6.54 Å². The predicted octanol–water partition coefficient (Wildman–Crippen LogP) is 0.962. The lowest BCUT2D eigenvalue weighted by atomic mass is 9.85. The van der Waals surface area contributed by atoms with E-state index in [1.54, 1.807) is 0 Å². The van der Waals surface area contributed by atoms with E-state index in [0.717, 1.165) is 37.7 Å². The number of nitrogens with two attached hydrogens (primary N) is 2. The summed E-state index contributed by atoms with van der Waals surface area (Å²) in [6.07, 6.45) is 3.96. The van der Waals surface area contributed by atoms with Gasteiger partial charge in [0.15, 0.2) is 0 Å². The van der Waals surface area contributed by atoms with Crippen molar-refractivity contribution in [3.8, 4) is 0 Å². The number of nitrogens with one attached hydrogen (secondary N) is 1. The van der Waals surface area contributed by atoms with Crippen LogP contribution in [0.25, 0.3) is 0 Å². The van der Waals surface area contributed by atoms with Crippen LogP contribution in [0.5, 0.6) is 0 Å². The molecule has 0 saturated heterocycles. The summed E-state index contributed by atoms with van der Waals surface area (Å²) in [5.74, 6) is -0.319. The molecule has 1 fully saturated rings. The molecule has 2 amide bonds. The van der Waals surface area contributed by atoms with E-state index in [9.17, 15) is 9.59 Å². The van der Waals surface area contributed by atoms with Crippen molar-refractivity contribution >= 4 is 11.8 Å². The molecule has 1 aromatic carbocycles. The van der Waals surface area contributed by atoms with E-state index in [2.05, 4.69) is 5.32 Å². The van der Waals surface area contributed by atoms with Gasteiger partial charge in [0.05, 0.1) is 0 Å². The van der Waals surface area contributed by atoms with Crippen molar-refractivity contribution in [1.29, 1.82) is 0 Å². The molecule has 21 heavy (non-hydrogen) atoms. The van der Waals surface area contributed by atoms with E-state index in [-0.39, 0.29) is 23.8 Å². The lowest BCUT2D eigenvalue weighted by molar-refractivity contribution is -0.122. The van der Waals surface area contributed by atoms with Crippen molar-refractivity contribution in [1.82, 2.24) is 5.32 Å². The van der Waals surface area contributed by atoms with Gasteiger partial charge in [-0.2, -0.15) is 0 Å². The molecule has 2 rings (SSSR count). The first-order chi connectivity index (χ1) is 10.1. The number of carbonyl (C=O) groups excluding carboxylic acids is 2. The van der Waals surface area contributed by atoms with Gasteiger partial charge in [-0.15, -0.1) is 0 Å². The predicted molar refractivity (Wildman–Crippen MR) is 81.6 cm³/mol. The van der Waals surface area contributed by atoms with Gasteiger partial charge in [0.2, 0.25) is 5.91 Å². The molecule has 1 aliphatic carbocycles. The normalized spacial score (nSPS) is 21.8. The zero-order valence-corrected chi connectivity index (χ0v) is 12.2. The summed E-state index contributed by atoms with van der Waals surface area (Å²) < 4.78 is 0. The minimum Gasteiger partial charge on any atom is -0.369 e. The van der Waals surface area contributed by atoms with Crippen molar-refractivity contribution < 1.29 is 9.59 Å². The highest BCUT2D eigenvalue weighted by Gasteiger charge is 2.25. The Bertz CT molecular complexity index is 491. The van der Waals surface area contributed by atoms with Crippen LogP contribution in [-0.4, -0.2) is 24.4 Å². The molecule has 5 heteroatoms. The molecule has 0 atom stereocenters. The van der Waals surface area contributed by atoms with Gasteiger partial charge >= 0.3 is 0 Å². The highest BCUT2D eigenvalue weighted by atomic mass is 16.2. The quantitative estimate of drug-likeness (QED) is 0.753. The van der Waals surface area contributed by atoms with E-state index < -0.39 is 0 Å². The Morgan fingerprint density at radius 2 is 1.71 bits per heavy atom. The van der Waals surface area contributed by atoms with Crippen LogP contribution in [0.1, 0.15) is 41.6 Å². The molecule has 0 aromatic heterocycles. The summed E-state index contributed by atoms with van der Waals surface area (Å²) in [7, 11) is 0. The largest absolute Gasteiger partial charge is 0.369 e. The summed E-state index contributed by atoms with van der Waals surface area (Å²) in [6.45, 7) is 0.606. The number of benzene rings is 1. The maximum absolute atomic E-state index is 12.2. The van der Waals surface area contributed by atoms with Crippen LogP contribution in [0.3, 0.4) is 0 Å². The van der Waals surface area contributed by atoms with Gasteiger partial charge in [0.1, 0.15) is 0 Å². The molecule has 114 valence electrons. The topological polar surface area (TPSA) is 98.2 Å². The maximum Gasteiger partial charge on any atom is 0.251 e. The fourth-order valence-corrected chi connectivity index (χ4v) is 2.78. The lowest BCUT2D eigenvalue weighted by Gasteiger charge is -2.27. The molecule has 0 radical (unpaired) electrons. The minimum absolute atomic E-state index is 0.0336. The van der Waals surface area contributed by atoms with Crippen molar-refractivity contribution in [2.45, 2.75) is 38.1 Å². The molecular weight excluding hydrogens is 266 g/mol. The van der Waals surface area contributed by atoms with Crippen LogP contribution >= 0.6 is 0 Å². The van der Waals surface area contributed by atoms with Crippen LogP contribution in [0.15, 0.2) is 24.3 Å². The molecule has 0 aliphatic heterocycles. The molecule has 5 N–H and O–H groups in total. The maximum atomic E-state index is 12.2. The third-order valence-electron chi connectivity index (χ3n) is 4.11. The molecule has 5 nitrogen and oxygen atoms in total. The molecule has 0 bridgehead atoms. The van der Waals surface area contributed by atoms with Gasteiger partial charge in [-0.3, -0.25) is 9.59 Å². The van der Waals surface area contributed by atoms with Crippen LogP contribution in [0.2, 0.25) is 0 Å². The molecule has 0 unspecified atom stereocenters. The Morgan fingerprint density at radius 3 is 2.24 bits per heavy atom. The van der Waals surface area contributed by atoms with Crippen LogP contribution < -0.4 is 16.8 Å². The van der Waals surface area contributed by atoms with Gasteiger partial charge in [0.25, 0.3) is 5.91 Å². The SMILES string of the molecule is NCCc1ccc(C(=O)NC2CCC(C(N)=O)CC2)cc1. The first-order valence-electron chi connectivity index (χ1n) is 7.49. The summed E-state index contributed by atoms with van der Waals surface area (Å²) >= 11 is 0. The highest BCUT2D eigenvalue weighted by Crippen LogP contribution is 2.24. The number of carbonyl (C=O) groups is 2. The Balaban J connectivity index is 1.86. The van der Waals surface area contributed by atoms with Gasteiger partial charge in [-0.05, 0) is 56.3 Å². The highest BCUT2D eigenvalue weighted by molar-refractivity contribution is 5.94. The third-order valence-corrected chi connectivity index (χ3v) is 4.11. The Hall–Kier alpha value is -1.88. The Labute approximate surface area is 125 Å². The summed E-state index contributed by atoms with van der Waals surface area (Å²) in [4.78, 5) is 23.3. The van der Waals surface area contributed by atoms with E-state index in [4.69, 9.17) is 11.5 Å². The van der Waals surface area contributed by atoms with Crippen LogP contribution in [0, 0.1) is 5.92 Å².